The molecule has 0 spiro atoms. The van der Waals surface area contributed by atoms with Gasteiger partial charge in [0.2, 0.25) is 11.8 Å². The van der Waals surface area contributed by atoms with Crippen molar-refractivity contribution in [2.24, 2.45) is 0 Å². The van der Waals surface area contributed by atoms with Crippen molar-refractivity contribution in [3.8, 4) is 11.6 Å². The number of fused-ring (bicyclic) bond motifs is 1. The van der Waals surface area contributed by atoms with E-state index in [1.807, 2.05) is 0 Å². The van der Waals surface area contributed by atoms with Crippen molar-refractivity contribution in [1.29, 1.82) is 0 Å². The van der Waals surface area contributed by atoms with E-state index in [2.05, 4.69) is 41.0 Å². The second kappa shape index (κ2) is 9.22. The van der Waals surface area contributed by atoms with Crippen LogP contribution in [0.1, 0.15) is 22.4 Å². The summed E-state index contributed by atoms with van der Waals surface area (Å²) in [4.78, 5) is 14.2. The van der Waals surface area contributed by atoms with Crippen LogP contribution >= 0.6 is 0 Å². The van der Waals surface area contributed by atoms with Gasteiger partial charge in [0.05, 0.1) is 24.5 Å². The van der Waals surface area contributed by atoms with Crippen LogP contribution in [0.3, 0.4) is 0 Å². The minimum Gasteiger partial charge on any atom is -0.438 e. The lowest BCUT2D eigenvalue weighted by atomic mass is 10.1. The standard InChI is InChI=1S/C25H27FN4O2/c1-18-2-4-19(5-3-18)16-29-11-10-23-22(17-29)24(32-21-8-6-20(26)7-9-21)28-25(27-23)30-12-14-31-15-13-30/h2-9H,10-17H2,1H3. The molecule has 2 aromatic carbocycles. The highest BCUT2D eigenvalue weighted by molar-refractivity contribution is 5.44. The largest absolute Gasteiger partial charge is 0.438 e. The van der Waals surface area contributed by atoms with E-state index in [4.69, 9.17) is 19.4 Å². The third-order valence-corrected chi connectivity index (χ3v) is 5.94. The highest BCUT2D eigenvalue weighted by Crippen LogP contribution is 2.32. The third-order valence-electron chi connectivity index (χ3n) is 5.94. The fourth-order valence-electron chi connectivity index (χ4n) is 4.12. The van der Waals surface area contributed by atoms with Gasteiger partial charge in [-0.05, 0) is 36.8 Å². The number of hydrogen-bond donors (Lipinski definition) is 0. The van der Waals surface area contributed by atoms with Crippen LogP contribution in [0.25, 0.3) is 0 Å². The number of benzene rings is 2. The molecule has 1 aromatic heterocycles. The summed E-state index contributed by atoms with van der Waals surface area (Å²) in [5.74, 6) is 1.50. The number of halogens is 1. The van der Waals surface area contributed by atoms with Crippen LogP contribution in [0, 0.1) is 12.7 Å². The molecule has 32 heavy (non-hydrogen) atoms. The number of anilines is 1. The van der Waals surface area contributed by atoms with Gasteiger partial charge >= 0.3 is 0 Å². The van der Waals surface area contributed by atoms with Gasteiger partial charge in [-0.3, -0.25) is 4.90 Å². The minimum absolute atomic E-state index is 0.291. The van der Waals surface area contributed by atoms with E-state index in [1.165, 1.54) is 23.3 Å². The summed E-state index contributed by atoms with van der Waals surface area (Å²) in [5, 5.41) is 0. The molecule has 166 valence electrons. The van der Waals surface area contributed by atoms with Crippen molar-refractivity contribution < 1.29 is 13.9 Å². The maximum atomic E-state index is 13.4. The normalized spacial score (nSPS) is 16.6. The molecule has 0 bridgehead atoms. The number of nitrogens with zero attached hydrogens (tertiary/aromatic N) is 4. The van der Waals surface area contributed by atoms with Crippen molar-refractivity contribution in [3.63, 3.8) is 0 Å². The van der Waals surface area contributed by atoms with Crippen LogP contribution in [0.5, 0.6) is 11.6 Å². The Kier molecular flexibility index (Phi) is 6.01. The molecular formula is C25H27FN4O2. The van der Waals surface area contributed by atoms with Crippen molar-refractivity contribution in [3.05, 3.63) is 76.7 Å². The molecule has 3 heterocycles. The Balaban J connectivity index is 1.44. The van der Waals surface area contributed by atoms with Gasteiger partial charge in [0, 0.05) is 39.1 Å². The van der Waals surface area contributed by atoms with Crippen molar-refractivity contribution in [2.45, 2.75) is 26.4 Å². The molecule has 0 radical (unpaired) electrons. The van der Waals surface area contributed by atoms with Crippen LogP contribution in [0.4, 0.5) is 10.3 Å². The van der Waals surface area contributed by atoms with Crippen LogP contribution in [0.2, 0.25) is 0 Å². The van der Waals surface area contributed by atoms with Crippen molar-refractivity contribution >= 4 is 5.95 Å². The molecule has 3 aromatic rings. The van der Waals surface area contributed by atoms with Gasteiger partial charge < -0.3 is 14.4 Å². The van der Waals surface area contributed by atoms with Gasteiger partial charge in [-0.25, -0.2) is 9.37 Å². The molecule has 5 rings (SSSR count). The number of rotatable bonds is 5. The Hall–Kier alpha value is -3.03. The van der Waals surface area contributed by atoms with E-state index in [0.717, 1.165) is 43.9 Å². The maximum absolute atomic E-state index is 13.4. The second-order valence-corrected chi connectivity index (χ2v) is 8.36. The Bertz CT molecular complexity index is 1070. The molecule has 0 amide bonds. The van der Waals surface area contributed by atoms with Gasteiger partial charge in [-0.1, -0.05) is 29.8 Å². The Labute approximate surface area is 187 Å². The molecule has 0 saturated carbocycles. The molecule has 7 heteroatoms. The van der Waals surface area contributed by atoms with E-state index in [-0.39, 0.29) is 5.82 Å². The summed E-state index contributed by atoms with van der Waals surface area (Å²) in [6, 6.07) is 14.7. The lowest BCUT2D eigenvalue weighted by molar-refractivity contribution is 0.122. The van der Waals surface area contributed by atoms with Crippen LogP contribution in [-0.4, -0.2) is 47.7 Å². The van der Waals surface area contributed by atoms with Gasteiger partial charge in [-0.15, -0.1) is 0 Å². The topological polar surface area (TPSA) is 50.7 Å². The van der Waals surface area contributed by atoms with Crippen LogP contribution in [-0.2, 0) is 24.2 Å². The molecule has 6 nitrogen and oxygen atoms in total. The van der Waals surface area contributed by atoms with E-state index < -0.39 is 0 Å². The van der Waals surface area contributed by atoms with E-state index in [0.29, 0.717) is 37.3 Å². The lowest BCUT2D eigenvalue weighted by Gasteiger charge is -2.32. The summed E-state index contributed by atoms with van der Waals surface area (Å²) in [6.45, 7) is 7.45. The first-order valence-corrected chi connectivity index (χ1v) is 11.1. The monoisotopic (exact) mass is 434 g/mol. The molecule has 0 atom stereocenters. The highest BCUT2D eigenvalue weighted by Gasteiger charge is 2.26. The fraction of sp³-hybridized carbons (Fsp3) is 0.360. The molecule has 0 N–H and O–H groups in total. The molecular weight excluding hydrogens is 407 g/mol. The maximum Gasteiger partial charge on any atom is 0.229 e. The number of ether oxygens (including phenoxy) is 2. The molecule has 2 aliphatic rings. The van der Waals surface area contributed by atoms with E-state index in [1.54, 1.807) is 12.1 Å². The first-order chi connectivity index (χ1) is 15.6. The zero-order chi connectivity index (χ0) is 21.9. The van der Waals surface area contributed by atoms with Gasteiger partial charge in [-0.2, -0.15) is 4.98 Å². The number of morpholine rings is 1. The lowest BCUT2D eigenvalue weighted by Crippen LogP contribution is -2.38. The molecule has 0 unspecified atom stereocenters. The minimum atomic E-state index is -0.291. The van der Waals surface area contributed by atoms with Crippen LogP contribution < -0.4 is 9.64 Å². The molecule has 0 aliphatic carbocycles. The Morgan fingerprint density at radius 3 is 2.47 bits per heavy atom. The summed E-state index contributed by atoms with van der Waals surface area (Å²) < 4.78 is 25.0. The predicted octanol–water partition coefficient (Wildman–Crippen LogP) is 4.11. The quantitative estimate of drug-likeness (QED) is 0.602. The summed E-state index contributed by atoms with van der Waals surface area (Å²) in [5.41, 5.74) is 4.58. The van der Waals surface area contributed by atoms with Gasteiger partial charge in [0.15, 0.2) is 0 Å². The second-order valence-electron chi connectivity index (χ2n) is 8.36. The zero-order valence-corrected chi connectivity index (χ0v) is 18.3. The Morgan fingerprint density at radius 2 is 1.72 bits per heavy atom. The predicted molar refractivity (Wildman–Crippen MR) is 121 cm³/mol. The van der Waals surface area contributed by atoms with Gasteiger partial charge in [0.1, 0.15) is 11.6 Å². The molecule has 2 aliphatic heterocycles. The van der Waals surface area contributed by atoms with Crippen LogP contribution in [0.15, 0.2) is 48.5 Å². The highest BCUT2D eigenvalue weighted by atomic mass is 19.1. The SMILES string of the molecule is Cc1ccc(CN2CCc3nc(N4CCOCC4)nc(Oc4ccc(F)cc4)c3C2)cc1. The molecule has 1 saturated heterocycles. The van der Waals surface area contributed by atoms with Crippen molar-refractivity contribution in [1.82, 2.24) is 14.9 Å². The first kappa shape index (κ1) is 20.8. The third kappa shape index (κ3) is 4.74. The number of hydrogen-bond acceptors (Lipinski definition) is 6. The molecule has 1 fully saturated rings. The summed E-state index contributed by atoms with van der Waals surface area (Å²) in [6.07, 6.45) is 0.834. The van der Waals surface area contributed by atoms with Gasteiger partial charge in [0.25, 0.3) is 0 Å². The average molecular weight is 435 g/mol. The summed E-state index contributed by atoms with van der Waals surface area (Å²) in [7, 11) is 0. The average Bonchev–Trinajstić information content (AvgIpc) is 2.83. The zero-order valence-electron chi connectivity index (χ0n) is 18.3. The van der Waals surface area contributed by atoms with E-state index in [9.17, 15) is 4.39 Å². The fourth-order valence-corrected chi connectivity index (χ4v) is 4.12. The Morgan fingerprint density at radius 1 is 0.969 bits per heavy atom. The van der Waals surface area contributed by atoms with Crippen molar-refractivity contribution in [2.75, 3.05) is 37.7 Å². The number of aromatic nitrogens is 2. The first-order valence-electron chi connectivity index (χ1n) is 11.1. The van der Waals surface area contributed by atoms with E-state index >= 15 is 0 Å². The summed E-state index contributed by atoms with van der Waals surface area (Å²) >= 11 is 0. The smallest absolute Gasteiger partial charge is 0.229 e. The number of aryl methyl sites for hydroxylation is 1.